The van der Waals surface area contributed by atoms with E-state index in [1.54, 1.807) is 30.5 Å². The Bertz CT molecular complexity index is 2020. The highest BCUT2D eigenvalue weighted by Gasteiger charge is 2.20. The van der Waals surface area contributed by atoms with Gasteiger partial charge in [0.1, 0.15) is 35.3 Å². The maximum absolute atomic E-state index is 14.2. The van der Waals surface area contributed by atoms with E-state index >= 15 is 0 Å². The number of aromatic nitrogens is 4. The van der Waals surface area contributed by atoms with E-state index in [-0.39, 0.29) is 5.56 Å². The van der Waals surface area contributed by atoms with Crippen molar-refractivity contribution >= 4 is 28.9 Å². The third-order valence-corrected chi connectivity index (χ3v) is 7.35. The van der Waals surface area contributed by atoms with Gasteiger partial charge in [0.2, 0.25) is 5.95 Å². The van der Waals surface area contributed by atoms with Crippen LogP contribution in [0.5, 0.6) is 5.75 Å². The fourth-order valence-corrected chi connectivity index (χ4v) is 4.97. The largest absolute Gasteiger partial charge is 0.492 e. The Morgan fingerprint density at radius 3 is 2.52 bits per heavy atom. The fourth-order valence-electron chi connectivity index (χ4n) is 4.97. The molecule has 0 bridgehead atoms. The van der Waals surface area contributed by atoms with Crippen molar-refractivity contribution in [3.05, 3.63) is 120 Å². The average Bonchev–Trinajstić information content (AvgIpc) is 3.44. The lowest BCUT2D eigenvalue weighted by atomic mass is 10.0. The Morgan fingerprint density at radius 1 is 0.935 bits per heavy atom. The number of ether oxygens (including phenoxy) is 1. The third-order valence-electron chi connectivity index (χ3n) is 7.35. The first kappa shape index (κ1) is 30.4. The van der Waals surface area contributed by atoms with E-state index in [2.05, 4.69) is 20.5 Å². The van der Waals surface area contributed by atoms with Gasteiger partial charge in [0.05, 0.1) is 17.1 Å². The number of nitrogens with one attached hydrogen (secondary N) is 2. The highest BCUT2D eigenvalue weighted by molar-refractivity contribution is 6.05. The summed E-state index contributed by atoms with van der Waals surface area (Å²) in [5.41, 5.74) is 4.55. The summed E-state index contributed by atoms with van der Waals surface area (Å²) in [5, 5.41) is 5.67. The number of para-hydroxylation sites is 1. The molecule has 3 aromatic carbocycles. The molecule has 0 spiro atoms. The summed E-state index contributed by atoms with van der Waals surface area (Å²) >= 11 is 0. The Kier molecular flexibility index (Phi) is 8.66. The van der Waals surface area contributed by atoms with Crippen molar-refractivity contribution in [3.63, 3.8) is 0 Å². The zero-order valence-corrected chi connectivity index (χ0v) is 25.5. The second kappa shape index (κ2) is 13.1. The number of rotatable bonds is 10. The fraction of sp³-hybridized carbons (Fsp3) is 0.143. The molecular formula is C35H31F2N7O2. The second-order valence-corrected chi connectivity index (χ2v) is 10.8. The lowest BCUT2D eigenvalue weighted by molar-refractivity contribution is 0.102. The smallest absolute Gasteiger partial charge is 0.255 e. The molecule has 46 heavy (non-hydrogen) atoms. The van der Waals surface area contributed by atoms with Crippen LogP contribution < -0.4 is 15.4 Å². The summed E-state index contributed by atoms with van der Waals surface area (Å²) in [6.07, 6.45) is 3.54. The van der Waals surface area contributed by atoms with Crippen molar-refractivity contribution in [2.45, 2.75) is 6.92 Å². The Morgan fingerprint density at radius 2 is 1.72 bits per heavy atom. The summed E-state index contributed by atoms with van der Waals surface area (Å²) < 4.78 is 36.4. The molecule has 0 aliphatic rings. The van der Waals surface area contributed by atoms with E-state index in [1.807, 2.05) is 74.1 Å². The van der Waals surface area contributed by atoms with Gasteiger partial charge in [0.15, 0.2) is 0 Å². The first-order valence-corrected chi connectivity index (χ1v) is 14.6. The highest BCUT2D eigenvalue weighted by atomic mass is 19.1. The number of halogens is 2. The van der Waals surface area contributed by atoms with Crippen LogP contribution in [0.2, 0.25) is 0 Å². The molecule has 1 amide bonds. The van der Waals surface area contributed by atoms with Crippen LogP contribution in [0.1, 0.15) is 15.9 Å². The zero-order valence-electron chi connectivity index (χ0n) is 25.5. The number of imidazole rings is 1. The molecule has 0 saturated heterocycles. The van der Waals surface area contributed by atoms with Crippen LogP contribution in [0.4, 0.5) is 26.1 Å². The average molecular weight is 620 g/mol. The molecule has 232 valence electrons. The topological polar surface area (TPSA) is 96.7 Å². The minimum absolute atomic E-state index is 0.205. The maximum Gasteiger partial charge on any atom is 0.255 e. The molecule has 6 rings (SSSR count). The summed E-state index contributed by atoms with van der Waals surface area (Å²) in [4.78, 5) is 29.3. The van der Waals surface area contributed by atoms with E-state index in [9.17, 15) is 13.6 Å². The monoisotopic (exact) mass is 619 g/mol. The van der Waals surface area contributed by atoms with Crippen LogP contribution in [0.3, 0.4) is 0 Å². The number of carbonyl (C=O) groups is 1. The highest BCUT2D eigenvalue weighted by Crippen LogP contribution is 2.34. The van der Waals surface area contributed by atoms with Gasteiger partial charge in [-0.1, -0.05) is 30.3 Å². The molecule has 2 N–H and O–H groups in total. The Hall–Kier alpha value is -5.68. The van der Waals surface area contributed by atoms with Crippen molar-refractivity contribution in [2.75, 3.05) is 37.9 Å². The number of anilines is 3. The lowest BCUT2D eigenvalue weighted by Gasteiger charge is -2.15. The van der Waals surface area contributed by atoms with Crippen molar-refractivity contribution in [1.82, 2.24) is 24.3 Å². The molecular weight excluding hydrogens is 588 g/mol. The van der Waals surface area contributed by atoms with Crippen LogP contribution >= 0.6 is 0 Å². The van der Waals surface area contributed by atoms with Crippen molar-refractivity contribution in [1.29, 1.82) is 0 Å². The van der Waals surface area contributed by atoms with E-state index < -0.39 is 23.2 Å². The first-order chi connectivity index (χ1) is 22.3. The molecule has 0 saturated carbocycles. The molecule has 0 aliphatic carbocycles. The number of carbonyl (C=O) groups excluding carboxylic acids is 1. The van der Waals surface area contributed by atoms with Crippen LogP contribution in [0.15, 0.2) is 97.3 Å². The number of hydrogen-bond acceptors (Lipinski definition) is 7. The van der Waals surface area contributed by atoms with Gasteiger partial charge in [-0.25, -0.2) is 23.7 Å². The maximum atomic E-state index is 14.2. The van der Waals surface area contributed by atoms with Crippen molar-refractivity contribution < 1.29 is 18.3 Å². The Balaban J connectivity index is 1.34. The van der Waals surface area contributed by atoms with Crippen LogP contribution in [-0.4, -0.2) is 57.4 Å². The molecule has 0 aliphatic heterocycles. The van der Waals surface area contributed by atoms with Gasteiger partial charge in [0.25, 0.3) is 5.91 Å². The summed E-state index contributed by atoms with van der Waals surface area (Å²) in [6, 6.07) is 23.3. The van der Waals surface area contributed by atoms with E-state index in [0.29, 0.717) is 40.8 Å². The van der Waals surface area contributed by atoms with Gasteiger partial charge >= 0.3 is 0 Å². The molecule has 6 aromatic rings. The second-order valence-electron chi connectivity index (χ2n) is 10.8. The lowest BCUT2D eigenvalue weighted by Crippen LogP contribution is -2.19. The number of likely N-dealkylation sites (N-methyl/N-ethyl adjacent to an activating group) is 1. The number of hydrogen-bond donors (Lipinski definition) is 2. The number of fused-ring (bicyclic) bond motifs is 1. The van der Waals surface area contributed by atoms with Gasteiger partial charge in [0, 0.05) is 41.3 Å². The molecule has 3 aromatic heterocycles. The SMILES string of the molecule is Cc1c(Nc2nccc(-c3c(-c4cccc(C(=O)Nc5c(F)cccc5F)c4)nc4ccccn34)n2)cccc1OCCN(C)C. The van der Waals surface area contributed by atoms with Gasteiger partial charge in [-0.2, -0.15) is 0 Å². The number of benzene rings is 3. The van der Waals surface area contributed by atoms with Crippen LogP contribution in [-0.2, 0) is 0 Å². The van der Waals surface area contributed by atoms with E-state index in [0.717, 1.165) is 35.7 Å². The van der Waals surface area contributed by atoms with Gasteiger partial charge in [-0.05, 0) is 75.6 Å². The minimum Gasteiger partial charge on any atom is -0.492 e. The summed E-state index contributed by atoms with van der Waals surface area (Å²) in [6.45, 7) is 3.33. The minimum atomic E-state index is -0.862. The normalized spacial score (nSPS) is 11.2. The predicted molar refractivity (Wildman–Crippen MR) is 174 cm³/mol. The number of amides is 1. The van der Waals surface area contributed by atoms with E-state index in [1.165, 1.54) is 6.07 Å². The zero-order chi connectivity index (χ0) is 32.2. The number of pyridine rings is 1. The molecule has 9 nitrogen and oxygen atoms in total. The summed E-state index contributed by atoms with van der Waals surface area (Å²) in [7, 11) is 4.00. The standard InChI is InChI=1S/C35H31F2N7O2/c1-22-27(13-8-14-29(22)46-20-19-43(2)3)39-35-38-17-16-28(40-35)33-31(41-30-15-4-5-18-44(30)33)23-9-6-10-24(21-23)34(45)42-32-25(36)11-7-12-26(32)37/h4-18,21H,19-20H2,1-3H3,(H,42,45)(H,38,39,40). The molecule has 0 radical (unpaired) electrons. The predicted octanol–water partition coefficient (Wildman–Crippen LogP) is 6.98. The Labute approximate surface area is 264 Å². The van der Waals surface area contributed by atoms with Gasteiger partial charge < -0.3 is 20.3 Å². The molecule has 0 fully saturated rings. The van der Waals surface area contributed by atoms with E-state index in [4.69, 9.17) is 14.7 Å². The number of nitrogens with zero attached hydrogens (tertiary/aromatic N) is 5. The van der Waals surface area contributed by atoms with Crippen LogP contribution in [0.25, 0.3) is 28.3 Å². The molecule has 0 unspecified atom stereocenters. The molecule has 11 heteroatoms. The molecule has 0 atom stereocenters. The third kappa shape index (κ3) is 6.40. The molecule has 3 heterocycles. The van der Waals surface area contributed by atoms with Crippen molar-refractivity contribution in [2.24, 2.45) is 0 Å². The van der Waals surface area contributed by atoms with Crippen molar-refractivity contribution in [3.8, 4) is 28.4 Å². The quantitative estimate of drug-likeness (QED) is 0.171. The summed E-state index contributed by atoms with van der Waals surface area (Å²) in [5.74, 6) is -1.23. The van der Waals surface area contributed by atoms with Gasteiger partial charge in [-0.15, -0.1) is 0 Å². The first-order valence-electron chi connectivity index (χ1n) is 14.6. The van der Waals surface area contributed by atoms with Crippen LogP contribution in [0, 0.1) is 18.6 Å². The van der Waals surface area contributed by atoms with Gasteiger partial charge in [-0.3, -0.25) is 9.20 Å².